The van der Waals surface area contributed by atoms with Gasteiger partial charge in [-0.25, -0.2) is 9.78 Å². The van der Waals surface area contributed by atoms with Gasteiger partial charge in [0.15, 0.2) is 6.10 Å². The Morgan fingerprint density at radius 1 is 1.17 bits per heavy atom. The van der Waals surface area contributed by atoms with Crippen LogP contribution < -0.4 is 10.3 Å². The van der Waals surface area contributed by atoms with Crippen LogP contribution in [0, 0.1) is 0 Å². The fourth-order valence-electron chi connectivity index (χ4n) is 2.83. The molecule has 0 amide bonds. The Labute approximate surface area is 182 Å². The van der Waals surface area contributed by atoms with Crippen LogP contribution in [-0.4, -0.2) is 35.1 Å². The van der Waals surface area contributed by atoms with Crippen LogP contribution in [0.25, 0.3) is 10.9 Å². The van der Waals surface area contributed by atoms with Crippen molar-refractivity contribution < 1.29 is 14.3 Å². The molecule has 30 heavy (non-hydrogen) atoms. The Balaban J connectivity index is 1.92. The zero-order valence-corrected chi connectivity index (χ0v) is 18.7. The van der Waals surface area contributed by atoms with Crippen molar-refractivity contribution in [2.24, 2.45) is 5.10 Å². The van der Waals surface area contributed by atoms with Gasteiger partial charge in [0.05, 0.1) is 24.2 Å². The van der Waals surface area contributed by atoms with Crippen molar-refractivity contribution in [1.29, 1.82) is 0 Å². The molecule has 0 unspecified atom stereocenters. The van der Waals surface area contributed by atoms with E-state index in [2.05, 4.69) is 30.8 Å². The number of fused-ring (bicyclic) bond motifs is 1. The fraction of sp³-hybridized carbons (Fsp3) is 0.273. The van der Waals surface area contributed by atoms with E-state index in [1.807, 2.05) is 26.0 Å². The molecule has 0 aliphatic carbocycles. The molecule has 3 aromatic rings. The summed E-state index contributed by atoms with van der Waals surface area (Å²) in [5.41, 5.74) is 1.18. The van der Waals surface area contributed by atoms with E-state index in [0.717, 1.165) is 10.0 Å². The number of rotatable bonds is 6. The number of halogens is 1. The van der Waals surface area contributed by atoms with Gasteiger partial charge in [-0.15, -0.1) is 0 Å². The fourth-order valence-corrected chi connectivity index (χ4v) is 3.19. The number of hydrogen-bond acceptors (Lipinski definition) is 6. The van der Waals surface area contributed by atoms with Crippen molar-refractivity contribution in [2.45, 2.75) is 32.8 Å². The Bertz CT molecular complexity index is 1150. The van der Waals surface area contributed by atoms with Crippen LogP contribution in [0.4, 0.5) is 0 Å². The van der Waals surface area contributed by atoms with Gasteiger partial charge in [0.25, 0.3) is 5.56 Å². The highest BCUT2D eigenvalue weighted by atomic mass is 79.9. The lowest BCUT2D eigenvalue weighted by atomic mass is 10.2. The van der Waals surface area contributed by atoms with Crippen LogP contribution in [0.3, 0.4) is 0 Å². The number of hydrogen-bond donors (Lipinski definition) is 0. The summed E-state index contributed by atoms with van der Waals surface area (Å²) in [5, 5.41) is 4.89. The van der Waals surface area contributed by atoms with Crippen LogP contribution in [-0.2, 0) is 9.53 Å². The number of carbonyl (C=O) groups excluding carboxylic acids is 1. The quantitative estimate of drug-likeness (QED) is 0.399. The molecule has 0 aliphatic heterocycles. The second-order valence-corrected chi connectivity index (χ2v) is 7.92. The predicted octanol–water partition coefficient (Wildman–Crippen LogP) is 4.10. The molecule has 0 saturated carbocycles. The molecule has 1 atom stereocenters. The summed E-state index contributed by atoms with van der Waals surface area (Å²) in [5.74, 6) is 0.676. The maximum absolute atomic E-state index is 13.0. The molecule has 0 N–H and O–H groups in total. The van der Waals surface area contributed by atoms with E-state index in [0.29, 0.717) is 22.5 Å². The summed E-state index contributed by atoms with van der Waals surface area (Å²) < 4.78 is 12.3. The number of ether oxygens (including phenoxy) is 2. The van der Waals surface area contributed by atoms with Gasteiger partial charge in [0.1, 0.15) is 11.6 Å². The van der Waals surface area contributed by atoms with Crippen molar-refractivity contribution in [1.82, 2.24) is 9.66 Å². The number of benzene rings is 2. The Hall–Kier alpha value is -3.00. The third-order valence-electron chi connectivity index (χ3n) is 4.40. The summed E-state index contributed by atoms with van der Waals surface area (Å²) in [7, 11) is 1.31. The summed E-state index contributed by atoms with van der Waals surface area (Å²) in [6.45, 7) is 5.55. The molecule has 0 aliphatic rings. The van der Waals surface area contributed by atoms with Crippen molar-refractivity contribution >= 4 is 39.0 Å². The lowest BCUT2D eigenvalue weighted by Gasteiger charge is -2.12. The maximum atomic E-state index is 13.0. The van der Waals surface area contributed by atoms with Gasteiger partial charge >= 0.3 is 5.97 Å². The highest BCUT2D eigenvalue weighted by Crippen LogP contribution is 2.19. The summed E-state index contributed by atoms with van der Waals surface area (Å²) in [4.78, 5) is 29.1. The molecule has 0 radical (unpaired) electrons. The van der Waals surface area contributed by atoms with E-state index in [-0.39, 0.29) is 11.5 Å². The summed E-state index contributed by atoms with van der Waals surface area (Å²) >= 11 is 3.40. The molecule has 8 heteroatoms. The lowest BCUT2D eigenvalue weighted by molar-refractivity contribution is -0.147. The monoisotopic (exact) mass is 471 g/mol. The lowest BCUT2D eigenvalue weighted by Crippen LogP contribution is -2.24. The van der Waals surface area contributed by atoms with Gasteiger partial charge < -0.3 is 9.47 Å². The molecule has 0 saturated heterocycles. The molecule has 2 aromatic carbocycles. The second-order valence-electron chi connectivity index (χ2n) is 7.00. The molecule has 0 fully saturated rings. The first-order valence-corrected chi connectivity index (χ1v) is 10.2. The molecule has 0 spiro atoms. The number of methoxy groups -OCH3 is 1. The van der Waals surface area contributed by atoms with E-state index >= 15 is 0 Å². The smallest absolute Gasteiger partial charge is 0.346 e. The zero-order chi connectivity index (χ0) is 21.8. The number of aromatic nitrogens is 2. The molecule has 1 aromatic heterocycles. The topological polar surface area (TPSA) is 82.8 Å². The van der Waals surface area contributed by atoms with Gasteiger partial charge in [-0.05, 0) is 55.0 Å². The first kappa shape index (κ1) is 21.7. The zero-order valence-electron chi connectivity index (χ0n) is 17.1. The van der Waals surface area contributed by atoms with Crippen molar-refractivity contribution in [3.8, 4) is 5.75 Å². The van der Waals surface area contributed by atoms with Gasteiger partial charge in [-0.3, -0.25) is 4.79 Å². The summed E-state index contributed by atoms with van der Waals surface area (Å²) in [6, 6.07) is 12.4. The molecule has 1 heterocycles. The Morgan fingerprint density at radius 3 is 2.50 bits per heavy atom. The standard InChI is InChI=1S/C22H22BrN3O4/c1-13(2)20-25-19-10-7-16(23)11-18(19)21(27)26(20)24-12-15-5-8-17(9-6-15)30-14(3)22(28)29-4/h5-14H,1-4H3/t14-/m1/s1. The number of carbonyl (C=O) groups is 1. The largest absolute Gasteiger partial charge is 0.479 e. The highest BCUT2D eigenvalue weighted by Gasteiger charge is 2.15. The van der Waals surface area contributed by atoms with E-state index in [9.17, 15) is 9.59 Å². The van der Waals surface area contributed by atoms with Crippen LogP contribution in [0.15, 0.2) is 56.8 Å². The third-order valence-corrected chi connectivity index (χ3v) is 4.89. The van der Waals surface area contributed by atoms with Crippen LogP contribution in [0.1, 0.15) is 38.1 Å². The second kappa shape index (κ2) is 9.21. The van der Waals surface area contributed by atoms with Gasteiger partial charge in [-0.1, -0.05) is 29.8 Å². The third kappa shape index (κ3) is 4.76. The highest BCUT2D eigenvalue weighted by molar-refractivity contribution is 9.10. The number of nitrogens with zero attached hydrogens (tertiary/aromatic N) is 3. The molecule has 3 rings (SSSR count). The minimum Gasteiger partial charge on any atom is -0.479 e. The minimum atomic E-state index is -0.704. The molecular weight excluding hydrogens is 450 g/mol. The maximum Gasteiger partial charge on any atom is 0.346 e. The van der Waals surface area contributed by atoms with E-state index in [1.54, 1.807) is 43.5 Å². The SMILES string of the molecule is COC(=O)[C@@H](C)Oc1ccc(C=Nn2c(C(C)C)nc3ccc(Br)cc3c2=O)cc1. The molecule has 156 valence electrons. The first-order chi connectivity index (χ1) is 14.3. The minimum absolute atomic E-state index is 0.0125. The van der Waals surface area contributed by atoms with Gasteiger partial charge in [0.2, 0.25) is 0 Å². The molecule has 0 bridgehead atoms. The van der Waals surface area contributed by atoms with Crippen molar-refractivity contribution in [3.63, 3.8) is 0 Å². The van der Waals surface area contributed by atoms with Gasteiger partial charge in [0, 0.05) is 10.4 Å². The van der Waals surface area contributed by atoms with Crippen molar-refractivity contribution in [2.75, 3.05) is 7.11 Å². The Kier molecular flexibility index (Phi) is 6.66. The van der Waals surface area contributed by atoms with Crippen LogP contribution in [0.5, 0.6) is 5.75 Å². The van der Waals surface area contributed by atoms with Crippen molar-refractivity contribution in [3.05, 3.63) is 68.7 Å². The normalized spacial score (nSPS) is 12.5. The molecule has 7 nitrogen and oxygen atoms in total. The number of esters is 1. The van der Waals surface area contributed by atoms with Crippen LogP contribution in [0.2, 0.25) is 0 Å². The van der Waals surface area contributed by atoms with Gasteiger partial charge in [-0.2, -0.15) is 9.78 Å². The van der Waals surface area contributed by atoms with E-state index in [1.165, 1.54) is 11.8 Å². The Morgan fingerprint density at radius 2 is 1.87 bits per heavy atom. The first-order valence-electron chi connectivity index (χ1n) is 9.41. The average Bonchev–Trinajstić information content (AvgIpc) is 2.73. The molecular formula is C22H22BrN3O4. The predicted molar refractivity (Wildman–Crippen MR) is 119 cm³/mol. The summed E-state index contributed by atoms with van der Waals surface area (Å²) in [6.07, 6.45) is 0.886. The van der Waals surface area contributed by atoms with E-state index in [4.69, 9.17) is 4.74 Å². The average molecular weight is 472 g/mol. The van der Waals surface area contributed by atoms with E-state index < -0.39 is 12.1 Å². The van der Waals surface area contributed by atoms with Crippen LogP contribution >= 0.6 is 15.9 Å².